The van der Waals surface area contributed by atoms with Crippen LogP contribution in [0, 0.1) is 18.3 Å². The largest absolute Gasteiger partial charge is 0.299 e. The molecule has 2 heterocycles. The van der Waals surface area contributed by atoms with Crippen molar-refractivity contribution in [2.24, 2.45) is 0 Å². The maximum absolute atomic E-state index is 12.0. The molecule has 0 aliphatic carbocycles. The summed E-state index contributed by atoms with van der Waals surface area (Å²) >= 11 is 1.53. The zero-order valence-corrected chi connectivity index (χ0v) is 9.75. The monoisotopic (exact) mass is 233 g/mol. The Morgan fingerprint density at radius 3 is 3.19 bits per heavy atom. The van der Waals surface area contributed by atoms with E-state index in [9.17, 15) is 4.79 Å². The first-order chi connectivity index (χ1) is 7.72. The van der Waals surface area contributed by atoms with Gasteiger partial charge in [-0.3, -0.25) is 9.36 Å². The molecule has 4 nitrogen and oxygen atoms in total. The molecule has 0 unspecified atom stereocenters. The van der Waals surface area contributed by atoms with Gasteiger partial charge in [0, 0.05) is 17.8 Å². The van der Waals surface area contributed by atoms with E-state index in [4.69, 9.17) is 5.26 Å². The molecule has 0 saturated carbocycles. The number of aromatic nitrogens is 2. The SMILES string of the molecule is Cc1cc2c(=O)n(CCCC#N)cnc2s1. The number of rotatable bonds is 3. The van der Waals surface area contributed by atoms with Crippen LogP contribution >= 0.6 is 11.3 Å². The van der Waals surface area contributed by atoms with Crippen LogP contribution in [0.25, 0.3) is 10.2 Å². The number of hydrogen-bond donors (Lipinski definition) is 0. The summed E-state index contributed by atoms with van der Waals surface area (Å²) in [7, 11) is 0. The minimum Gasteiger partial charge on any atom is -0.299 e. The molecular formula is C11H11N3OS. The van der Waals surface area contributed by atoms with E-state index in [-0.39, 0.29) is 5.56 Å². The van der Waals surface area contributed by atoms with Gasteiger partial charge in [0.25, 0.3) is 5.56 Å². The highest BCUT2D eigenvalue weighted by Gasteiger charge is 2.06. The Bertz CT molecular complexity index is 606. The number of unbranched alkanes of at least 4 members (excludes halogenated alkanes) is 1. The van der Waals surface area contributed by atoms with Crippen LogP contribution in [0.3, 0.4) is 0 Å². The molecule has 0 aliphatic rings. The van der Waals surface area contributed by atoms with E-state index in [1.54, 1.807) is 10.9 Å². The fraction of sp³-hybridized carbons (Fsp3) is 0.364. The van der Waals surface area contributed by atoms with Gasteiger partial charge in [-0.25, -0.2) is 4.98 Å². The third-order valence-electron chi connectivity index (χ3n) is 2.33. The van der Waals surface area contributed by atoms with Crippen molar-refractivity contribution in [3.05, 3.63) is 27.6 Å². The van der Waals surface area contributed by atoms with Crippen molar-refractivity contribution in [1.29, 1.82) is 5.26 Å². The molecule has 0 fully saturated rings. The third-order valence-corrected chi connectivity index (χ3v) is 3.29. The summed E-state index contributed by atoms with van der Waals surface area (Å²) in [6.07, 6.45) is 2.72. The first kappa shape index (κ1) is 10.8. The fourth-order valence-electron chi connectivity index (χ4n) is 1.57. The molecule has 0 aliphatic heterocycles. The van der Waals surface area contributed by atoms with Crippen molar-refractivity contribution in [1.82, 2.24) is 9.55 Å². The van der Waals surface area contributed by atoms with Crippen LogP contribution in [0.1, 0.15) is 17.7 Å². The van der Waals surface area contributed by atoms with Crippen molar-refractivity contribution in [2.45, 2.75) is 26.3 Å². The molecule has 0 radical (unpaired) electrons. The topological polar surface area (TPSA) is 58.7 Å². The standard InChI is InChI=1S/C11H11N3OS/c1-8-6-9-10(16-8)13-7-14(11(9)15)5-3-2-4-12/h6-7H,2-3,5H2,1H3. The van der Waals surface area contributed by atoms with Crippen molar-refractivity contribution in [2.75, 3.05) is 0 Å². The van der Waals surface area contributed by atoms with E-state index < -0.39 is 0 Å². The average Bonchev–Trinajstić information content (AvgIpc) is 2.64. The van der Waals surface area contributed by atoms with Gasteiger partial charge in [-0.05, 0) is 19.4 Å². The van der Waals surface area contributed by atoms with Gasteiger partial charge in [-0.15, -0.1) is 11.3 Å². The van der Waals surface area contributed by atoms with Crippen molar-refractivity contribution in [3.63, 3.8) is 0 Å². The normalized spacial score (nSPS) is 10.5. The van der Waals surface area contributed by atoms with Crippen molar-refractivity contribution >= 4 is 21.6 Å². The second-order valence-corrected chi connectivity index (χ2v) is 4.82. The quantitative estimate of drug-likeness (QED) is 0.762. The Labute approximate surface area is 96.8 Å². The summed E-state index contributed by atoms with van der Waals surface area (Å²) in [5, 5.41) is 9.12. The summed E-state index contributed by atoms with van der Waals surface area (Å²) in [5.41, 5.74) is -0.00714. The van der Waals surface area contributed by atoms with Crippen LogP contribution in [0.5, 0.6) is 0 Å². The summed E-state index contributed by atoms with van der Waals surface area (Å²) in [4.78, 5) is 18.1. The Morgan fingerprint density at radius 2 is 2.44 bits per heavy atom. The number of nitriles is 1. The van der Waals surface area contributed by atoms with Gasteiger partial charge in [0.2, 0.25) is 0 Å². The lowest BCUT2D eigenvalue weighted by Gasteiger charge is -2.02. The lowest BCUT2D eigenvalue weighted by Crippen LogP contribution is -2.19. The summed E-state index contributed by atoms with van der Waals surface area (Å²) in [6.45, 7) is 2.52. The molecule has 0 saturated heterocycles. The van der Waals surface area contributed by atoms with Gasteiger partial charge in [0.15, 0.2) is 0 Å². The third kappa shape index (κ3) is 1.97. The zero-order chi connectivity index (χ0) is 11.5. The second kappa shape index (κ2) is 4.45. The van der Waals surface area contributed by atoms with Crippen molar-refractivity contribution < 1.29 is 0 Å². The Balaban J connectivity index is 2.37. The maximum atomic E-state index is 12.0. The zero-order valence-electron chi connectivity index (χ0n) is 8.93. The number of aryl methyl sites for hydroxylation is 2. The van der Waals surface area contributed by atoms with E-state index in [1.807, 2.05) is 13.0 Å². The molecule has 2 rings (SSSR count). The Kier molecular flexibility index (Phi) is 3.02. The molecule has 2 aromatic heterocycles. The molecule has 5 heteroatoms. The van der Waals surface area contributed by atoms with Crippen LogP contribution in [-0.4, -0.2) is 9.55 Å². The van der Waals surface area contributed by atoms with E-state index >= 15 is 0 Å². The minimum atomic E-state index is -0.00714. The van der Waals surface area contributed by atoms with Crippen LogP contribution in [0.15, 0.2) is 17.2 Å². The summed E-state index contributed by atoms with van der Waals surface area (Å²) in [5.74, 6) is 0. The Morgan fingerprint density at radius 1 is 1.62 bits per heavy atom. The van der Waals surface area contributed by atoms with Gasteiger partial charge in [-0.1, -0.05) is 0 Å². The number of fused-ring (bicyclic) bond motifs is 1. The molecule has 0 bridgehead atoms. The molecule has 0 N–H and O–H groups in total. The highest BCUT2D eigenvalue weighted by molar-refractivity contribution is 7.18. The lowest BCUT2D eigenvalue weighted by molar-refractivity contribution is 0.627. The minimum absolute atomic E-state index is 0.00714. The van der Waals surface area contributed by atoms with Gasteiger partial charge in [0.05, 0.1) is 17.8 Å². The highest BCUT2D eigenvalue weighted by Crippen LogP contribution is 2.19. The van der Waals surface area contributed by atoms with E-state index in [0.717, 1.165) is 9.71 Å². The first-order valence-electron chi connectivity index (χ1n) is 5.05. The lowest BCUT2D eigenvalue weighted by atomic mass is 10.3. The fourth-order valence-corrected chi connectivity index (χ4v) is 2.41. The smallest absolute Gasteiger partial charge is 0.262 e. The van der Waals surface area contributed by atoms with E-state index in [2.05, 4.69) is 11.1 Å². The second-order valence-electron chi connectivity index (χ2n) is 3.58. The predicted molar refractivity (Wildman–Crippen MR) is 63.5 cm³/mol. The summed E-state index contributed by atoms with van der Waals surface area (Å²) in [6, 6.07) is 3.94. The molecule has 0 spiro atoms. The number of hydrogen-bond acceptors (Lipinski definition) is 4. The molecule has 0 atom stereocenters. The van der Waals surface area contributed by atoms with E-state index in [0.29, 0.717) is 24.8 Å². The van der Waals surface area contributed by atoms with Crippen LogP contribution < -0.4 is 5.56 Å². The van der Waals surface area contributed by atoms with Gasteiger partial charge < -0.3 is 0 Å². The molecule has 0 amide bonds. The van der Waals surface area contributed by atoms with E-state index in [1.165, 1.54) is 11.3 Å². The maximum Gasteiger partial charge on any atom is 0.262 e. The first-order valence-corrected chi connectivity index (χ1v) is 5.86. The van der Waals surface area contributed by atoms with Gasteiger partial charge in [0.1, 0.15) is 4.83 Å². The van der Waals surface area contributed by atoms with Crippen LogP contribution in [0.4, 0.5) is 0 Å². The molecule has 2 aromatic rings. The average molecular weight is 233 g/mol. The molecule has 82 valence electrons. The number of nitrogens with zero attached hydrogens (tertiary/aromatic N) is 3. The Hall–Kier alpha value is -1.67. The van der Waals surface area contributed by atoms with Gasteiger partial charge in [-0.2, -0.15) is 5.26 Å². The van der Waals surface area contributed by atoms with Crippen molar-refractivity contribution in [3.8, 4) is 6.07 Å². The molecule has 0 aromatic carbocycles. The summed E-state index contributed by atoms with van der Waals surface area (Å²) < 4.78 is 1.58. The highest BCUT2D eigenvalue weighted by atomic mass is 32.1. The number of thiophene rings is 1. The van der Waals surface area contributed by atoms with Crippen LogP contribution in [-0.2, 0) is 6.54 Å². The predicted octanol–water partition coefficient (Wildman–Crippen LogP) is 2.07. The molecule has 16 heavy (non-hydrogen) atoms. The molecular weight excluding hydrogens is 222 g/mol. The van der Waals surface area contributed by atoms with Crippen LogP contribution in [0.2, 0.25) is 0 Å². The van der Waals surface area contributed by atoms with Gasteiger partial charge >= 0.3 is 0 Å².